The number of hydrogen-bond acceptors (Lipinski definition) is 3. The van der Waals surface area contributed by atoms with Crippen molar-refractivity contribution in [1.82, 2.24) is 9.88 Å². The number of ether oxygens (including phenoxy) is 1. The van der Waals surface area contributed by atoms with Gasteiger partial charge in [-0.15, -0.1) is 0 Å². The van der Waals surface area contributed by atoms with Gasteiger partial charge in [0.1, 0.15) is 5.69 Å². The van der Waals surface area contributed by atoms with Crippen LogP contribution >= 0.6 is 23.2 Å². The highest BCUT2D eigenvalue weighted by atomic mass is 35.5. The monoisotopic (exact) mass is 432 g/mol. The molecule has 0 spiro atoms. The molecule has 0 saturated carbocycles. The summed E-state index contributed by atoms with van der Waals surface area (Å²) in [5.74, 6) is -1.15. The highest BCUT2D eigenvalue weighted by molar-refractivity contribution is 6.45. The molecule has 0 fully saturated rings. The number of fused-ring (bicyclic) bond motifs is 2. The van der Waals surface area contributed by atoms with Gasteiger partial charge < -0.3 is 19.7 Å². The Balaban J connectivity index is 1.62. The minimum absolute atomic E-state index is 0.0520. The van der Waals surface area contributed by atoms with Gasteiger partial charge in [0.2, 0.25) is 0 Å². The van der Waals surface area contributed by atoms with E-state index in [0.717, 1.165) is 16.6 Å². The summed E-state index contributed by atoms with van der Waals surface area (Å²) < 4.78 is 7.39. The molecule has 150 valence electrons. The highest BCUT2D eigenvalue weighted by Crippen LogP contribution is 2.33. The molecule has 1 aromatic heterocycles. The number of rotatable bonds is 4. The number of aliphatic carboxylic acids is 1. The summed E-state index contributed by atoms with van der Waals surface area (Å²) in [5, 5.41) is 13.6. The molecule has 0 unspecified atom stereocenters. The van der Waals surface area contributed by atoms with Crippen LogP contribution in [0, 0.1) is 0 Å². The second-order valence-corrected chi connectivity index (χ2v) is 7.81. The largest absolute Gasteiger partial charge is 0.481 e. The average Bonchev–Trinajstić information content (AvgIpc) is 3.01. The number of benzene rings is 2. The lowest BCUT2D eigenvalue weighted by molar-refractivity contribution is -0.136. The molecule has 0 radical (unpaired) electrons. The molecule has 0 bridgehead atoms. The Hall–Kier alpha value is -2.54. The van der Waals surface area contributed by atoms with E-state index in [9.17, 15) is 9.59 Å². The van der Waals surface area contributed by atoms with Crippen LogP contribution in [0.1, 0.15) is 33.2 Å². The third kappa shape index (κ3) is 3.71. The predicted octanol–water partition coefficient (Wildman–Crippen LogP) is 4.11. The number of nitrogens with zero attached hydrogens (tertiary/aromatic N) is 1. The van der Waals surface area contributed by atoms with Crippen molar-refractivity contribution in [1.29, 1.82) is 0 Å². The third-order valence-electron chi connectivity index (χ3n) is 5.13. The number of aryl methyl sites for hydroxylation is 1. The molecule has 0 aliphatic carbocycles. The lowest BCUT2D eigenvalue weighted by Crippen LogP contribution is -2.35. The smallest absolute Gasteiger partial charge is 0.307 e. The zero-order valence-electron chi connectivity index (χ0n) is 15.5. The van der Waals surface area contributed by atoms with Crippen molar-refractivity contribution in [2.75, 3.05) is 6.61 Å². The maximum atomic E-state index is 13.0. The number of hydrogen-bond donors (Lipinski definition) is 2. The van der Waals surface area contributed by atoms with Gasteiger partial charge in [0.25, 0.3) is 5.91 Å². The molecule has 1 aliphatic rings. The number of aromatic nitrogens is 1. The van der Waals surface area contributed by atoms with E-state index >= 15 is 0 Å². The third-order valence-corrected chi connectivity index (χ3v) is 5.95. The minimum Gasteiger partial charge on any atom is -0.481 e. The molecule has 29 heavy (non-hydrogen) atoms. The molecule has 3 aromatic rings. The minimum atomic E-state index is -0.888. The Morgan fingerprint density at radius 1 is 1.24 bits per heavy atom. The van der Waals surface area contributed by atoms with Gasteiger partial charge in [-0.05, 0) is 34.9 Å². The fourth-order valence-electron chi connectivity index (χ4n) is 3.70. The van der Waals surface area contributed by atoms with Crippen LogP contribution < -0.4 is 5.32 Å². The molecule has 2 heterocycles. The summed E-state index contributed by atoms with van der Waals surface area (Å²) in [6.45, 7) is 0.727. The number of nitrogens with one attached hydrogen (secondary N) is 1. The molecule has 0 saturated heterocycles. The van der Waals surface area contributed by atoms with Gasteiger partial charge in [-0.2, -0.15) is 0 Å². The van der Waals surface area contributed by atoms with Crippen LogP contribution in [0.15, 0.2) is 36.4 Å². The lowest BCUT2D eigenvalue weighted by Gasteiger charge is -2.27. The summed E-state index contributed by atoms with van der Waals surface area (Å²) in [7, 11) is 1.80. The number of carboxylic acids is 1. The predicted molar refractivity (Wildman–Crippen MR) is 111 cm³/mol. The number of carboxylic acid groups (broad SMARTS) is 1. The van der Waals surface area contributed by atoms with Crippen LogP contribution in [-0.4, -0.2) is 28.2 Å². The Morgan fingerprint density at radius 3 is 2.79 bits per heavy atom. The van der Waals surface area contributed by atoms with Crippen molar-refractivity contribution in [2.45, 2.75) is 19.1 Å². The van der Waals surface area contributed by atoms with Crippen molar-refractivity contribution in [3.05, 3.63) is 68.8 Å². The molecule has 1 aliphatic heterocycles. The van der Waals surface area contributed by atoms with Crippen LogP contribution in [0.4, 0.5) is 0 Å². The number of carbonyl (C=O) groups is 2. The van der Waals surface area contributed by atoms with E-state index < -0.39 is 5.97 Å². The van der Waals surface area contributed by atoms with Gasteiger partial charge >= 0.3 is 5.97 Å². The summed E-state index contributed by atoms with van der Waals surface area (Å²) >= 11 is 12.4. The fourth-order valence-corrected chi connectivity index (χ4v) is 4.08. The van der Waals surface area contributed by atoms with Gasteiger partial charge in [0.15, 0.2) is 0 Å². The standard InChI is InChI=1S/C21H18Cl2N2O4/c1-25-17-5-4-15(22)20(23)14(17)8-18(25)21(28)24-16-10-29-9-12-6-11(7-19(26)27)2-3-13(12)16/h2-6,8,16H,7,9-10H2,1H3,(H,24,28)(H,26,27)/t16-/m1/s1. The second-order valence-electron chi connectivity index (χ2n) is 7.03. The van der Waals surface area contributed by atoms with Crippen LogP contribution in [-0.2, 0) is 29.6 Å². The number of amides is 1. The highest BCUT2D eigenvalue weighted by Gasteiger charge is 2.25. The van der Waals surface area contributed by atoms with Crippen LogP contribution in [0.5, 0.6) is 0 Å². The van der Waals surface area contributed by atoms with Crippen LogP contribution in [0.25, 0.3) is 10.9 Å². The summed E-state index contributed by atoms with van der Waals surface area (Å²) in [4.78, 5) is 23.9. The molecule has 2 aromatic carbocycles. The van der Waals surface area contributed by atoms with E-state index in [1.165, 1.54) is 0 Å². The zero-order chi connectivity index (χ0) is 20.7. The molecule has 2 N–H and O–H groups in total. The molecule has 4 rings (SSSR count). The van der Waals surface area contributed by atoms with E-state index in [1.807, 2.05) is 18.2 Å². The Morgan fingerprint density at radius 2 is 2.03 bits per heavy atom. The van der Waals surface area contributed by atoms with E-state index in [1.54, 1.807) is 29.8 Å². The van der Waals surface area contributed by atoms with Gasteiger partial charge in [-0.1, -0.05) is 41.4 Å². The Bertz CT molecular complexity index is 1140. The molecular formula is C21H18Cl2N2O4. The van der Waals surface area contributed by atoms with Gasteiger partial charge in [-0.25, -0.2) is 0 Å². The lowest BCUT2D eigenvalue weighted by atomic mass is 9.95. The zero-order valence-corrected chi connectivity index (χ0v) is 17.0. The Kier molecular flexibility index (Phi) is 5.25. The summed E-state index contributed by atoms with van der Waals surface area (Å²) in [5.41, 5.74) is 3.78. The van der Waals surface area contributed by atoms with Gasteiger partial charge in [0, 0.05) is 18.0 Å². The summed E-state index contributed by atoms with van der Waals surface area (Å²) in [6.07, 6.45) is -0.0520. The topological polar surface area (TPSA) is 80.6 Å². The van der Waals surface area contributed by atoms with Crippen molar-refractivity contribution in [3.8, 4) is 0 Å². The van der Waals surface area contributed by atoms with Crippen molar-refractivity contribution < 1.29 is 19.4 Å². The van der Waals surface area contributed by atoms with E-state index in [-0.39, 0.29) is 18.4 Å². The maximum Gasteiger partial charge on any atom is 0.307 e. The first-order valence-corrected chi connectivity index (χ1v) is 9.76. The first-order chi connectivity index (χ1) is 13.8. The molecule has 8 heteroatoms. The van der Waals surface area contributed by atoms with E-state index in [2.05, 4.69) is 5.32 Å². The molecule has 1 atom stereocenters. The second kappa shape index (κ2) is 7.71. The number of halogens is 2. The van der Waals surface area contributed by atoms with Crippen LogP contribution in [0.3, 0.4) is 0 Å². The van der Waals surface area contributed by atoms with Crippen molar-refractivity contribution in [3.63, 3.8) is 0 Å². The van der Waals surface area contributed by atoms with Gasteiger partial charge in [-0.3, -0.25) is 9.59 Å². The first kappa shape index (κ1) is 19.8. The van der Waals surface area contributed by atoms with Gasteiger partial charge in [0.05, 0.1) is 35.7 Å². The Labute approximate surface area is 177 Å². The maximum absolute atomic E-state index is 13.0. The van der Waals surface area contributed by atoms with E-state index in [0.29, 0.717) is 39.9 Å². The summed E-state index contributed by atoms with van der Waals surface area (Å²) in [6, 6.07) is 10.4. The molecule has 6 nitrogen and oxygen atoms in total. The molecular weight excluding hydrogens is 415 g/mol. The first-order valence-electron chi connectivity index (χ1n) is 9.00. The SMILES string of the molecule is Cn1c(C(=O)N[C@@H]2COCc3cc(CC(=O)O)ccc32)cc2c(Cl)c(Cl)ccc21. The average molecular weight is 433 g/mol. The number of carbonyl (C=O) groups excluding carboxylic acids is 1. The van der Waals surface area contributed by atoms with Crippen LogP contribution in [0.2, 0.25) is 10.0 Å². The van der Waals surface area contributed by atoms with Crippen molar-refractivity contribution >= 4 is 46.0 Å². The van der Waals surface area contributed by atoms with Crippen molar-refractivity contribution in [2.24, 2.45) is 7.05 Å². The normalized spacial score (nSPS) is 15.9. The quantitative estimate of drug-likeness (QED) is 0.649. The fraction of sp³-hybridized carbons (Fsp3) is 0.238. The molecule has 1 amide bonds. The van der Waals surface area contributed by atoms with E-state index in [4.69, 9.17) is 33.0 Å².